The van der Waals surface area contributed by atoms with Crippen molar-refractivity contribution in [3.63, 3.8) is 0 Å². The number of rotatable bonds is 4. The number of methoxy groups -OCH3 is 1. The number of imidazole rings is 1. The van der Waals surface area contributed by atoms with E-state index in [2.05, 4.69) is 15.3 Å². The van der Waals surface area contributed by atoms with Crippen molar-refractivity contribution < 1.29 is 13.9 Å². The average Bonchev–Trinajstić information content (AvgIpc) is 3.21. The quantitative estimate of drug-likeness (QED) is 0.545. The zero-order valence-electron chi connectivity index (χ0n) is 17.1. The minimum atomic E-state index is -0.434. The molecule has 1 aliphatic heterocycles. The maximum Gasteiger partial charge on any atom is 0.253 e. The number of likely N-dealkylation sites (N-methyl/N-ethyl adjacent to an activating group) is 1. The van der Waals surface area contributed by atoms with E-state index >= 15 is 0 Å². The summed E-state index contributed by atoms with van der Waals surface area (Å²) in [6.07, 6.45) is 5.94. The van der Waals surface area contributed by atoms with Gasteiger partial charge in [0.25, 0.3) is 5.91 Å². The topological polar surface area (TPSA) is 71.8 Å². The number of ether oxygens (including phenoxy) is 1. The highest BCUT2D eigenvalue weighted by molar-refractivity contribution is 5.97. The van der Waals surface area contributed by atoms with Crippen molar-refractivity contribution >= 4 is 23.1 Å². The van der Waals surface area contributed by atoms with Gasteiger partial charge >= 0.3 is 0 Å². The number of carbonyl (C=O) groups is 1. The van der Waals surface area contributed by atoms with Gasteiger partial charge in [-0.05, 0) is 48.4 Å². The summed E-state index contributed by atoms with van der Waals surface area (Å²) in [6, 6.07) is 10.5. The van der Waals surface area contributed by atoms with E-state index in [0.29, 0.717) is 23.6 Å². The third kappa shape index (κ3) is 3.26. The van der Waals surface area contributed by atoms with E-state index in [4.69, 9.17) is 4.74 Å². The summed E-state index contributed by atoms with van der Waals surface area (Å²) >= 11 is 0. The Hall–Kier alpha value is -3.94. The smallest absolute Gasteiger partial charge is 0.253 e. The van der Waals surface area contributed by atoms with Crippen LogP contribution in [0.3, 0.4) is 0 Å². The summed E-state index contributed by atoms with van der Waals surface area (Å²) in [5.74, 6) is 0.370. The van der Waals surface area contributed by atoms with Gasteiger partial charge in [-0.3, -0.25) is 9.20 Å². The number of hydrogen-bond donors (Lipinski definition) is 1. The van der Waals surface area contributed by atoms with E-state index in [-0.39, 0.29) is 11.7 Å². The molecule has 0 radical (unpaired) electrons. The second kappa shape index (κ2) is 7.39. The number of carbonyl (C=O) groups excluding carboxylic acids is 1. The van der Waals surface area contributed by atoms with E-state index in [1.165, 1.54) is 13.2 Å². The number of nitrogens with zero attached hydrogens (tertiary/aromatic N) is 4. The fraction of sp³-hybridized carbons (Fsp3) is 0.174. The predicted molar refractivity (Wildman–Crippen MR) is 115 cm³/mol. The molecule has 0 saturated carbocycles. The summed E-state index contributed by atoms with van der Waals surface area (Å²) < 4.78 is 21.0. The number of hydrogen-bond acceptors (Lipinski definition) is 5. The van der Waals surface area contributed by atoms with E-state index in [0.717, 1.165) is 28.9 Å². The van der Waals surface area contributed by atoms with Gasteiger partial charge in [0, 0.05) is 42.8 Å². The normalized spacial score (nSPS) is 13.4. The van der Waals surface area contributed by atoms with Crippen molar-refractivity contribution in [3.05, 3.63) is 71.9 Å². The molecular formula is C23H20FN5O2. The van der Waals surface area contributed by atoms with Crippen LogP contribution < -0.4 is 10.1 Å². The molecule has 2 aromatic heterocycles. The lowest BCUT2D eigenvalue weighted by atomic mass is 9.99. The lowest BCUT2D eigenvalue weighted by Crippen LogP contribution is -2.34. The minimum absolute atomic E-state index is 0.0395. The number of nitrogens with one attached hydrogen (secondary N) is 1. The Bertz CT molecular complexity index is 1320. The maximum atomic E-state index is 14.2. The van der Waals surface area contributed by atoms with Gasteiger partial charge < -0.3 is 15.0 Å². The molecule has 0 atom stereocenters. The number of fused-ring (bicyclic) bond motifs is 2. The Morgan fingerprint density at radius 2 is 2.03 bits per heavy atom. The molecule has 7 nitrogen and oxygen atoms in total. The Labute approximate surface area is 178 Å². The molecule has 156 valence electrons. The van der Waals surface area contributed by atoms with Crippen LogP contribution >= 0.6 is 0 Å². The highest BCUT2D eigenvalue weighted by Crippen LogP contribution is 2.29. The molecule has 1 N–H and O–H groups in total. The first kappa shape index (κ1) is 19.0. The van der Waals surface area contributed by atoms with E-state index in [1.807, 2.05) is 29.6 Å². The van der Waals surface area contributed by atoms with Crippen LogP contribution in [0.2, 0.25) is 0 Å². The zero-order chi connectivity index (χ0) is 21.5. The molecule has 0 unspecified atom stereocenters. The molecule has 0 spiro atoms. The maximum absolute atomic E-state index is 14.2. The molecule has 1 amide bonds. The van der Waals surface area contributed by atoms with E-state index in [1.54, 1.807) is 35.6 Å². The van der Waals surface area contributed by atoms with E-state index < -0.39 is 5.82 Å². The van der Waals surface area contributed by atoms with Crippen molar-refractivity contribution in [2.24, 2.45) is 0 Å². The number of aromatic nitrogens is 3. The van der Waals surface area contributed by atoms with Crippen molar-refractivity contribution in [1.29, 1.82) is 0 Å². The molecule has 1 aliphatic rings. The Morgan fingerprint density at radius 3 is 2.84 bits per heavy atom. The Balaban J connectivity index is 1.50. The van der Waals surface area contributed by atoms with Crippen LogP contribution in [0.1, 0.15) is 15.9 Å². The van der Waals surface area contributed by atoms with Crippen LogP contribution in [0.15, 0.2) is 55.0 Å². The van der Waals surface area contributed by atoms with Crippen LogP contribution in [0.4, 0.5) is 15.9 Å². The number of benzene rings is 2. The van der Waals surface area contributed by atoms with Gasteiger partial charge in [-0.25, -0.2) is 14.4 Å². The second-order valence-corrected chi connectivity index (χ2v) is 7.44. The first-order valence-electron chi connectivity index (χ1n) is 9.86. The zero-order valence-corrected chi connectivity index (χ0v) is 17.1. The summed E-state index contributed by atoms with van der Waals surface area (Å²) in [5.41, 5.74) is 4.60. The predicted octanol–water partition coefficient (Wildman–Crippen LogP) is 3.92. The summed E-state index contributed by atoms with van der Waals surface area (Å²) in [6.45, 7) is 0.700. The van der Waals surface area contributed by atoms with Gasteiger partial charge in [0.15, 0.2) is 23.0 Å². The second-order valence-electron chi connectivity index (χ2n) is 7.44. The SMILES string of the molecule is COc1ccc(-c2cnc3c(Nc4ccc5c(c4)CCN(C)C5=O)nccn23)cc1F. The van der Waals surface area contributed by atoms with E-state index in [9.17, 15) is 9.18 Å². The number of anilines is 2. The standard InChI is InChI=1S/C23H20FN5O2/c1-28-9-7-14-11-16(4-5-17(14)23(28)30)27-21-22-26-13-19(29(22)10-8-25-21)15-3-6-20(31-2)18(24)12-15/h3-6,8,10-13H,7,9H2,1-2H3,(H,25,27). The van der Waals surface area contributed by atoms with Crippen molar-refractivity contribution in [1.82, 2.24) is 19.3 Å². The first-order valence-corrected chi connectivity index (χ1v) is 9.86. The van der Waals surface area contributed by atoms with Crippen LogP contribution in [-0.2, 0) is 6.42 Å². The monoisotopic (exact) mass is 417 g/mol. The van der Waals surface area contributed by atoms with Crippen molar-refractivity contribution in [3.8, 4) is 17.0 Å². The van der Waals surface area contributed by atoms with Gasteiger partial charge in [0.1, 0.15) is 0 Å². The lowest BCUT2D eigenvalue weighted by molar-refractivity contribution is 0.0781. The summed E-state index contributed by atoms with van der Waals surface area (Å²) in [7, 11) is 3.25. The highest BCUT2D eigenvalue weighted by atomic mass is 19.1. The highest BCUT2D eigenvalue weighted by Gasteiger charge is 2.21. The molecular weight excluding hydrogens is 397 g/mol. The molecule has 0 aliphatic carbocycles. The Morgan fingerprint density at radius 1 is 1.16 bits per heavy atom. The average molecular weight is 417 g/mol. The lowest BCUT2D eigenvalue weighted by Gasteiger charge is -2.25. The van der Waals surface area contributed by atoms with Crippen molar-refractivity contribution in [2.45, 2.75) is 6.42 Å². The van der Waals surface area contributed by atoms with Crippen LogP contribution in [0.25, 0.3) is 16.9 Å². The number of amides is 1. The molecule has 5 rings (SSSR count). The third-order valence-corrected chi connectivity index (χ3v) is 5.54. The molecule has 8 heteroatoms. The summed E-state index contributed by atoms with van der Waals surface area (Å²) in [4.78, 5) is 23.0. The van der Waals surface area contributed by atoms with Crippen molar-refractivity contribution in [2.75, 3.05) is 26.0 Å². The minimum Gasteiger partial charge on any atom is -0.494 e. The van der Waals surface area contributed by atoms with Gasteiger partial charge in [0.2, 0.25) is 0 Å². The molecule has 4 aromatic rings. The largest absolute Gasteiger partial charge is 0.494 e. The fourth-order valence-corrected chi connectivity index (χ4v) is 3.87. The molecule has 0 saturated heterocycles. The van der Waals surface area contributed by atoms with Crippen LogP contribution in [-0.4, -0.2) is 45.9 Å². The van der Waals surface area contributed by atoms with Gasteiger partial charge in [-0.15, -0.1) is 0 Å². The van der Waals surface area contributed by atoms with Crippen LogP contribution in [0, 0.1) is 5.82 Å². The summed E-state index contributed by atoms with van der Waals surface area (Å²) in [5, 5.41) is 3.30. The van der Waals surface area contributed by atoms with Gasteiger partial charge in [0.05, 0.1) is 19.0 Å². The van der Waals surface area contributed by atoms with Gasteiger partial charge in [-0.1, -0.05) is 0 Å². The molecule has 0 bridgehead atoms. The van der Waals surface area contributed by atoms with Gasteiger partial charge in [-0.2, -0.15) is 0 Å². The molecule has 3 heterocycles. The molecule has 2 aromatic carbocycles. The number of halogens is 1. The molecule has 31 heavy (non-hydrogen) atoms. The Kier molecular flexibility index (Phi) is 4.54. The molecule has 0 fully saturated rings. The third-order valence-electron chi connectivity index (χ3n) is 5.54. The fourth-order valence-electron chi connectivity index (χ4n) is 3.87. The van der Waals surface area contributed by atoms with Crippen LogP contribution in [0.5, 0.6) is 5.75 Å². The first-order chi connectivity index (χ1) is 15.0.